The number of sulfonamides is 1. The Morgan fingerprint density at radius 3 is 2.35 bits per heavy atom. The van der Waals surface area contributed by atoms with Crippen LogP contribution < -0.4 is 9.46 Å². The van der Waals surface area contributed by atoms with Gasteiger partial charge in [0.2, 0.25) is 15.9 Å². The SMILES string of the molecule is CCCN(CCC)C(=O)/C=C/c1ccc(OC)c(S(=O)(=O)NC(C)C)c1. The lowest BCUT2D eigenvalue weighted by Gasteiger charge is -2.19. The van der Waals surface area contributed by atoms with Crippen LogP contribution in [-0.4, -0.2) is 45.5 Å². The van der Waals surface area contributed by atoms with Gasteiger partial charge < -0.3 is 9.64 Å². The van der Waals surface area contributed by atoms with Gasteiger partial charge in [0, 0.05) is 25.2 Å². The number of benzene rings is 1. The van der Waals surface area contributed by atoms with E-state index in [1.165, 1.54) is 19.3 Å². The number of nitrogens with zero attached hydrogens (tertiary/aromatic N) is 1. The molecule has 0 fully saturated rings. The molecule has 0 atom stereocenters. The van der Waals surface area contributed by atoms with Gasteiger partial charge in [-0.2, -0.15) is 0 Å². The fraction of sp³-hybridized carbons (Fsp3) is 0.526. The van der Waals surface area contributed by atoms with Crippen molar-refractivity contribution in [2.45, 2.75) is 51.5 Å². The van der Waals surface area contributed by atoms with Gasteiger partial charge in [0.05, 0.1) is 7.11 Å². The molecule has 0 radical (unpaired) electrons. The highest BCUT2D eigenvalue weighted by atomic mass is 32.2. The molecule has 1 amide bonds. The Balaban J connectivity index is 3.12. The van der Waals surface area contributed by atoms with Gasteiger partial charge >= 0.3 is 0 Å². The minimum Gasteiger partial charge on any atom is -0.495 e. The molecule has 0 heterocycles. The summed E-state index contributed by atoms with van der Waals surface area (Å²) in [4.78, 5) is 14.2. The quantitative estimate of drug-likeness (QED) is 0.631. The molecule has 6 nitrogen and oxygen atoms in total. The average Bonchev–Trinajstić information content (AvgIpc) is 2.58. The van der Waals surface area contributed by atoms with Crippen molar-refractivity contribution in [3.8, 4) is 5.75 Å². The van der Waals surface area contributed by atoms with Crippen molar-refractivity contribution in [1.82, 2.24) is 9.62 Å². The fourth-order valence-corrected chi connectivity index (χ4v) is 3.98. The number of amides is 1. The van der Waals surface area contributed by atoms with Crippen molar-refractivity contribution in [2.24, 2.45) is 0 Å². The molecule has 0 spiro atoms. The van der Waals surface area contributed by atoms with Gasteiger partial charge in [0.25, 0.3) is 0 Å². The summed E-state index contributed by atoms with van der Waals surface area (Å²) in [5.74, 6) is 0.189. The topological polar surface area (TPSA) is 75.7 Å². The van der Waals surface area contributed by atoms with Crippen molar-refractivity contribution >= 4 is 22.0 Å². The van der Waals surface area contributed by atoms with E-state index in [2.05, 4.69) is 4.72 Å². The first-order valence-electron chi connectivity index (χ1n) is 8.92. The van der Waals surface area contributed by atoms with E-state index in [4.69, 9.17) is 4.74 Å². The zero-order valence-electron chi connectivity index (χ0n) is 16.3. The summed E-state index contributed by atoms with van der Waals surface area (Å²) in [5.41, 5.74) is 0.622. The first kappa shape index (κ1) is 22.2. The third kappa shape index (κ3) is 6.46. The number of carbonyl (C=O) groups excluding carboxylic acids is 1. The van der Waals surface area contributed by atoms with Crippen molar-refractivity contribution in [1.29, 1.82) is 0 Å². The second-order valence-electron chi connectivity index (χ2n) is 6.34. The molecule has 1 aromatic carbocycles. The van der Waals surface area contributed by atoms with E-state index >= 15 is 0 Å². The highest BCUT2D eigenvalue weighted by molar-refractivity contribution is 7.89. The van der Waals surface area contributed by atoms with Crippen LogP contribution in [0.5, 0.6) is 5.75 Å². The molecule has 1 aromatic rings. The molecular weight excluding hydrogens is 352 g/mol. The molecule has 0 aromatic heterocycles. The smallest absolute Gasteiger partial charge is 0.246 e. The second kappa shape index (κ2) is 10.3. The third-order valence-corrected chi connectivity index (χ3v) is 5.26. The number of ether oxygens (including phenoxy) is 1. The molecule has 7 heteroatoms. The summed E-state index contributed by atoms with van der Waals surface area (Å²) >= 11 is 0. The van der Waals surface area contributed by atoms with E-state index in [1.54, 1.807) is 37.0 Å². The van der Waals surface area contributed by atoms with E-state index in [0.29, 0.717) is 18.7 Å². The molecule has 26 heavy (non-hydrogen) atoms. The minimum absolute atomic E-state index is 0.0577. The van der Waals surface area contributed by atoms with Crippen LogP contribution in [0.1, 0.15) is 46.1 Å². The summed E-state index contributed by atoms with van der Waals surface area (Å²) in [5, 5.41) is 0. The Morgan fingerprint density at radius 2 is 1.85 bits per heavy atom. The lowest BCUT2D eigenvalue weighted by Crippen LogP contribution is -2.31. The summed E-state index contributed by atoms with van der Waals surface area (Å²) in [7, 11) is -2.27. The Bertz CT molecular complexity index is 721. The summed E-state index contributed by atoms with van der Waals surface area (Å²) in [6.45, 7) is 8.98. The van der Waals surface area contributed by atoms with E-state index in [0.717, 1.165) is 12.8 Å². The molecule has 1 rings (SSSR count). The van der Waals surface area contributed by atoms with Crippen LogP contribution in [0, 0.1) is 0 Å². The maximum Gasteiger partial charge on any atom is 0.246 e. The van der Waals surface area contributed by atoms with Gasteiger partial charge in [-0.3, -0.25) is 4.79 Å². The standard InChI is InChI=1S/C19H30N2O4S/c1-6-12-21(13-7-2)19(22)11-9-16-8-10-17(25-5)18(14-16)26(23,24)20-15(3)4/h8-11,14-15,20H,6-7,12-13H2,1-5H3/b11-9+. The number of hydrogen-bond acceptors (Lipinski definition) is 4. The second-order valence-corrected chi connectivity index (χ2v) is 8.03. The maximum absolute atomic E-state index is 12.5. The Kier molecular flexibility index (Phi) is 8.81. The normalized spacial score (nSPS) is 11.9. The maximum atomic E-state index is 12.5. The van der Waals surface area contributed by atoms with Crippen LogP contribution in [0.15, 0.2) is 29.2 Å². The van der Waals surface area contributed by atoms with Crippen LogP contribution in [-0.2, 0) is 14.8 Å². The van der Waals surface area contributed by atoms with E-state index in [1.807, 2.05) is 13.8 Å². The lowest BCUT2D eigenvalue weighted by molar-refractivity contribution is -0.126. The van der Waals surface area contributed by atoms with Crippen LogP contribution in [0.25, 0.3) is 6.08 Å². The predicted octanol–water partition coefficient (Wildman–Crippen LogP) is 3.04. The molecule has 0 saturated heterocycles. The third-order valence-electron chi connectivity index (χ3n) is 3.59. The van der Waals surface area contributed by atoms with Crippen LogP contribution in [0.2, 0.25) is 0 Å². The van der Waals surface area contributed by atoms with Crippen LogP contribution >= 0.6 is 0 Å². The molecule has 146 valence electrons. The van der Waals surface area contributed by atoms with Gasteiger partial charge in [-0.15, -0.1) is 0 Å². The van der Waals surface area contributed by atoms with E-state index < -0.39 is 10.0 Å². The zero-order chi connectivity index (χ0) is 19.7. The summed E-state index contributed by atoms with van der Waals surface area (Å²) in [6.07, 6.45) is 4.91. The lowest BCUT2D eigenvalue weighted by atomic mass is 10.2. The zero-order valence-corrected chi connectivity index (χ0v) is 17.1. The van der Waals surface area contributed by atoms with Crippen LogP contribution in [0.4, 0.5) is 0 Å². The molecule has 0 aliphatic carbocycles. The molecule has 1 N–H and O–H groups in total. The first-order chi connectivity index (χ1) is 12.2. The summed E-state index contributed by atoms with van der Waals surface area (Å²) < 4.78 is 32.7. The predicted molar refractivity (Wildman–Crippen MR) is 105 cm³/mol. The number of methoxy groups -OCH3 is 1. The minimum atomic E-state index is -3.70. The Morgan fingerprint density at radius 1 is 1.23 bits per heavy atom. The number of carbonyl (C=O) groups is 1. The Labute approximate surface area is 157 Å². The Hall–Kier alpha value is -1.86. The van der Waals surface area contributed by atoms with Gasteiger partial charge in [-0.25, -0.2) is 13.1 Å². The van der Waals surface area contributed by atoms with Crippen LogP contribution in [0.3, 0.4) is 0 Å². The monoisotopic (exact) mass is 382 g/mol. The van der Waals surface area contributed by atoms with E-state index in [-0.39, 0.29) is 22.6 Å². The molecular formula is C19H30N2O4S. The van der Waals surface area contributed by atoms with Crippen molar-refractivity contribution in [2.75, 3.05) is 20.2 Å². The molecule has 0 aliphatic heterocycles. The largest absolute Gasteiger partial charge is 0.495 e. The number of hydrogen-bond donors (Lipinski definition) is 1. The van der Waals surface area contributed by atoms with Crippen molar-refractivity contribution in [3.05, 3.63) is 29.8 Å². The molecule has 0 unspecified atom stereocenters. The van der Waals surface area contributed by atoms with Gasteiger partial charge in [0.15, 0.2) is 0 Å². The molecule has 0 saturated carbocycles. The van der Waals surface area contributed by atoms with E-state index in [9.17, 15) is 13.2 Å². The molecule has 0 aliphatic rings. The van der Waals surface area contributed by atoms with Crippen molar-refractivity contribution in [3.63, 3.8) is 0 Å². The molecule has 0 bridgehead atoms. The average molecular weight is 383 g/mol. The van der Waals surface area contributed by atoms with Gasteiger partial charge in [0.1, 0.15) is 10.6 Å². The summed E-state index contributed by atoms with van der Waals surface area (Å²) in [6, 6.07) is 4.59. The highest BCUT2D eigenvalue weighted by Gasteiger charge is 2.20. The first-order valence-corrected chi connectivity index (χ1v) is 10.4. The fourth-order valence-electron chi connectivity index (χ4n) is 2.53. The van der Waals surface area contributed by atoms with Gasteiger partial charge in [-0.05, 0) is 50.5 Å². The highest BCUT2D eigenvalue weighted by Crippen LogP contribution is 2.25. The number of rotatable bonds is 10. The van der Waals surface area contributed by atoms with Gasteiger partial charge in [-0.1, -0.05) is 19.9 Å². The van der Waals surface area contributed by atoms with Crippen molar-refractivity contribution < 1.29 is 17.9 Å². The number of nitrogens with one attached hydrogen (secondary N) is 1.